The van der Waals surface area contributed by atoms with Gasteiger partial charge in [-0.15, -0.1) is 10.2 Å². The summed E-state index contributed by atoms with van der Waals surface area (Å²) in [5.41, 5.74) is 3.83. The predicted octanol–water partition coefficient (Wildman–Crippen LogP) is 5.94. The molecule has 1 unspecified atom stereocenters. The van der Waals surface area contributed by atoms with Gasteiger partial charge in [0, 0.05) is 11.4 Å². The van der Waals surface area contributed by atoms with Gasteiger partial charge in [0.05, 0.1) is 11.8 Å². The van der Waals surface area contributed by atoms with Crippen molar-refractivity contribution in [2.24, 2.45) is 0 Å². The summed E-state index contributed by atoms with van der Waals surface area (Å²) < 4.78 is 15.6. The largest absolute Gasteiger partial charge is 0.325 e. The predicted molar refractivity (Wildman–Crippen MR) is 140 cm³/mol. The van der Waals surface area contributed by atoms with E-state index in [1.807, 2.05) is 30.5 Å². The molecule has 1 aliphatic heterocycles. The number of benzene rings is 2. The molecule has 8 heteroatoms. The Morgan fingerprint density at radius 2 is 1.77 bits per heavy atom. The number of anilines is 1. The third-order valence-corrected chi connectivity index (χ3v) is 7.47. The van der Waals surface area contributed by atoms with Gasteiger partial charge >= 0.3 is 0 Å². The molecule has 1 amide bonds. The summed E-state index contributed by atoms with van der Waals surface area (Å²) >= 11 is 1.36. The third-order valence-electron chi connectivity index (χ3n) is 6.43. The van der Waals surface area contributed by atoms with Gasteiger partial charge in [-0.2, -0.15) is 0 Å². The Balaban J connectivity index is 1.57. The Labute approximate surface area is 211 Å². The molecule has 0 saturated carbocycles. The van der Waals surface area contributed by atoms with E-state index in [1.54, 1.807) is 12.1 Å². The molecule has 1 saturated heterocycles. The number of amides is 1. The maximum Gasteiger partial charge on any atom is 0.237 e. The third kappa shape index (κ3) is 6.11. The van der Waals surface area contributed by atoms with Crippen molar-refractivity contribution in [3.63, 3.8) is 0 Å². The zero-order chi connectivity index (χ0) is 24.9. The van der Waals surface area contributed by atoms with Crippen LogP contribution in [-0.2, 0) is 11.3 Å². The molecule has 186 valence electrons. The molecule has 3 aromatic rings. The van der Waals surface area contributed by atoms with Crippen LogP contribution in [-0.4, -0.2) is 43.9 Å². The SMILES string of the molecule is Cc1cccc(C(C)C)c1NC(=O)C(C)Sc1nnc(CN2CCCCC2)n1-c1ccc(F)cc1. The highest BCUT2D eigenvalue weighted by Crippen LogP contribution is 2.31. The number of piperidine rings is 1. The summed E-state index contributed by atoms with van der Waals surface area (Å²) in [4.78, 5) is 15.6. The fraction of sp³-hybridized carbons (Fsp3) is 0.444. The second-order valence-corrected chi connectivity index (χ2v) is 10.8. The maximum atomic E-state index is 13.6. The molecular weight excluding hydrogens is 461 g/mol. The molecule has 0 bridgehead atoms. The van der Waals surface area contributed by atoms with E-state index in [-0.39, 0.29) is 11.7 Å². The molecule has 1 aromatic heterocycles. The number of para-hydroxylation sites is 1. The highest BCUT2D eigenvalue weighted by atomic mass is 32.2. The number of likely N-dealkylation sites (tertiary alicyclic amines) is 1. The second kappa shape index (κ2) is 11.4. The van der Waals surface area contributed by atoms with Gasteiger partial charge in [-0.25, -0.2) is 4.39 Å². The Morgan fingerprint density at radius 1 is 1.06 bits per heavy atom. The standard InChI is InChI=1S/C27H34FN5OS/c1-18(2)23-10-8-9-19(3)25(23)29-26(34)20(4)35-27-31-30-24(17-32-15-6-5-7-16-32)33(27)22-13-11-21(28)12-14-22/h8-14,18,20H,5-7,15-17H2,1-4H3,(H,29,34). The summed E-state index contributed by atoms with van der Waals surface area (Å²) in [6, 6.07) is 12.4. The van der Waals surface area contributed by atoms with E-state index in [0.29, 0.717) is 17.6 Å². The molecule has 1 atom stereocenters. The average Bonchev–Trinajstić information content (AvgIpc) is 3.23. The van der Waals surface area contributed by atoms with Gasteiger partial charge in [-0.3, -0.25) is 14.3 Å². The van der Waals surface area contributed by atoms with Gasteiger partial charge in [-0.05, 0) is 81.1 Å². The van der Waals surface area contributed by atoms with Gasteiger partial charge in [0.15, 0.2) is 11.0 Å². The first-order chi connectivity index (χ1) is 16.8. The number of aryl methyl sites for hydroxylation is 1. The lowest BCUT2D eigenvalue weighted by molar-refractivity contribution is -0.115. The van der Waals surface area contributed by atoms with Crippen LogP contribution >= 0.6 is 11.8 Å². The first kappa shape index (κ1) is 25.4. The molecule has 35 heavy (non-hydrogen) atoms. The molecule has 2 aromatic carbocycles. The minimum atomic E-state index is -0.402. The monoisotopic (exact) mass is 495 g/mol. The van der Waals surface area contributed by atoms with Crippen molar-refractivity contribution in [1.82, 2.24) is 19.7 Å². The smallest absolute Gasteiger partial charge is 0.237 e. The van der Waals surface area contributed by atoms with Crippen LogP contribution < -0.4 is 5.32 Å². The van der Waals surface area contributed by atoms with Crippen molar-refractivity contribution in [3.05, 3.63) is 65.2 Å². The van der Waals surface area contributed by atoms with Crippen molar-refractivity contribution in [1.29, 1.82) is 0 Å². The van der Waals surface area contributed by atoms with E-state index in [0.717, 1.165) is 41.4 Å². The number of carbonyl (C=O) groups is 1. The molecule has 0 spiro atoms. The van der Waals surface area contributed by atoms with Gasteiger partial charge in [-0.1, -0.05) is 50.2 Å². The molecule has 1 aliphatic rings. The summed E-state index contributed by atoms with van der Waals surface area (Å²) in [6.45, 7) is 10.9. The number of nitrogens with one attached hydrogen (secondary N) is 1. The highest BCUT2D eigenvalue weighted by molar-refractivity contribution is 8.00. The number of carbonyl (C=O) groups excluding carboxylic acids is 1. The van der Waals surface area contributed by atoms with E-state index >= 15 is 0 Å². The van der Waals surface area contributed by atoms with Gasteiger partial charge in [0.25, 0.3) is 0 Å². The topological polar surface area (TPSA) is 63.1 Å². The number of thioether (sulfide) groups is 1. The number of nitrogens with zero attached hydrogens (tertiary/aromatic N) is 4. The Morgan fingerprint density at radius 3 is 2.46 bits per heavy atom. The zero-order valence-corrected chi connectivity index (χ0v) is 21.7. The average molecular weight is 496 g/mol. The fourth-order valence-electron chi connectivity index (χ4n) is 4.42. The van der Waals surface area contributed by atoms with E-state index in [4.69, 9.17) is 0 Å². The van der Waals surface area contributed by atoms with Crippen molar-refractivity contribution in [2.75, 3.05) is 18.4 Å². The molecule has 1 N–H and O–H groups in total. The Hall–Kier alpha value is -2.71. The van der Waals surface area contributed by atoms with Gasteiger partial charge < -0.3 is 5.32 Å². The van der Waals surface area contributed by atoms with E-state index in [1.165, 1.54) is 43.2 Å². The van der Waals surface area contributed by atoms with Crippen molar-refractivity contribution < 1.29 is 9.18 Å². The van der Waals surface area contributed by atoms with Crippen LogP contribution in [0, 0.1) is 12.7 Å². The van der Waals surface area contributed by atoms with Crippen LogP contribution in [0.15, 0.2) is 47.6 Å². The zero-order valence-electron chi connectivity index (χ0n) is 20.9. The quantitative estimate of drug-likeness (QED) is 0.392. The van der Waals surface area contributed by atoms with E-state index < -0.39 is 5.25 Å². The van der Waals surface area contributed by atoms with Crippen LogP contribution in [0.4, 0.5) is 10.1 Å². The molecular formula is C27H34FN5OS. The van der Waals surface area contributed by atoms with Crippen LogP contribution in [0.3, 0.4) is 0 Å². The molecule has 0 radical (unpaired) electrons. The Kier molecular flexibility index (Phi) is 8.23. The Bertz CT molecular complexity index is 1150. The van der Waals surface area contributed by atoms with E-state index in [2.05, 4.69) is 40.3 Å². The number of aromatic nitrogens is 3. The number of halogens is 1. The summed E-state index contributed by atoms with van der Waals surface area (Å²) in [6.07, 6.45) is 3.62. The summed E-state index contributed by atoms with van der Waals surface area (Å²) in [5.74, 6) is 0.722. The number of rotatable bonds is 8. The molecule has 1 fully saturated rings. The minimum absolute atomic E-state index is 0.0857. The molecule has 6 nitrogen and oxygen atoms in total. The van der Waals surface area contributed by atoms with Crippen LogP contribution in [0.5, 0.6) is 0 Å². The number of hydrogen-bond acceptors (Lipinski definition) is 5. The van der Waals surface area contributed by atoms with E-state index in [9.17, 15) is 9.18 Å². The lowest BCUT2D eigenvalue weighted by atomic mass is 9.98. The van der Waals surface area contributed by atoms with Crippen LogP contribution in [0.1, 0.15) is 62.9 Å². The first-order valence-corrected chi connectivity index (χ1v) is 13.2. The van der Waals surface area contributed by atoms with Crippen LogP contribution in [0.25, 0.3) is 5.69 Å². The molecule has 2 heterocycles. The highest BCUT2D eigenvalue weighted by Gasteiger charge is 2.24. The lowest BCUT2D eigenvalue weighted by Gasteiger charge is -2.26. The summed E-state index contributed by atoms with van der Waals surface area (Å²) in [5, 5.41) is 12.3. The second-order valence-electron chi connectivity index (χ2n) is 9.49. The lowest BCUT2D eigenvalue weighted by Crippen LogP contribution is -2.30. The molecule has 0 aliphatic carbocycles. The maximum absolute atomic E-state index is 13.6. The van der Waals surface area contributed by atoms with Gasteiger partial charge in [0.1, 0.15) is 5.82 Å². The van der Waals surface area contributed by atoms with Gasteiger partial charge in [0.2, 0.25) is 5.91 Å². The van der Waals surface area contributed by atoms with Crippen LogP contribution in [0.2, 0.25) is 0 Å². The normalized spacial score (nSPS) is 15.4. The fourth-order valence-corrected chi connectivity index (χ4v) is 5.31. The minimum Gasteiger partial charge on any atom is -0.325 e. The van der Waals surface area contributed by atoms with Crippen molar-refractivity contribution in [3.8, 4) is 5.69 Å². The summed E-state index contributed by atoms with van der Waals surface area (Å²) in [7, 11) is 0. The first-order valence-electron chi connectivity index (χ1n) is 12.3. The molecule has 4 rings (SSSR count). The number of hydrogen-bond donors (Lipinski definition) is 1. The van der Waals surface area contributed by atoms with Crippen molar-refractivity contribution >= 4 is 23.4 Å². The van der Waals surface area contributed by atoms with Crippen molar-refractivity contribution in [2.45, 2.75) is 69.8 Å².